The Kier molecular flexibility index (Phi) is 8.04. The largest absolute Gasteiger partial charge is 0.493 e. The number of rotatable bonds is 10. The van der Waals surface area contributed by atoms with Crippen LogP contribution in [0.2, 0.25) is 0 Å². The molecule has 2 aromatic carbocycles. The van der Waals surface area contributed by atoms with Gasteiger partial charge in [-0.15, -0.1) is 0 Å². The summed E-state index contributed by atoms with van der Waals surface area (Å²) < 4.78 is 38.0. The molecule has 2 rings (SSSR count). The fourth-order valence-corrected chi connectivity index (χ4v) is 4.06. The molecule has 0 saturated heterocycles. The Hall–Kier alpha value is -2.58. The van der Waals surface area contributed by atoms with E-state index in [-0.39, 0.29) is 10.8 Å². The molecule has 0 aliphatic rings. The molecule has 2 N–H and O–H groups in total. The van der Waals surface area contributed by atoms with Crippen LogP contribution < -0.4 is 19.5 Å². The van der Waals surface area contributed by atoms with Gasteiger partial charge >= 0.3 is 0 Å². The average Bonchev–Trinajstić information content (AvgIpc) is 2.72. The Balaban J connectivity index is 1.95. The van der Waals surface area contributed by atoms with Crippen molar-refractivity contribution in [1.82, 2.24) is 10.0 Å². The van der Waals surface area contributed by atoms with E-state index in [2.05, 4.69) is 10.0 Å². The van der Waals surface area contributed by atoms with Crippen LogP contribution in [0, 0.1) is 6.92 Å². The van der Waals surface area contributed by atoms with Crippen molar-refractivity contribution in [3.05, 3.63) is 53.6 Å². The minimum absolute atomic E-state index is 0.139. The van der Waals surface area contributed by atoms with Crippen molar-refractivity contribution in [2.75, 3.05) is 20.8 Å². The normalized spacial score (nSPS) is 12.3. The zero-order valence-corrected chi connectivity index (χ0v) is 18.0. The van der Waals surface area contributed by atoms with Crippen molar-refractivity contribution >= 4 is 15.9 Å². The lowest BCUT2D eigenvalue weighted by Gasteiger charge is -2.17. The van der Waals surface area contributed by atoms with Gasteiger partial charge in [-0.1, -0.05) is 30.7 Å². The molecule has 7 nitrogen and oxygen atoms in total. The van der Waals surface area contributed by atoms with Crippen LogP contribution in [0.5, 0.6) is 11.5 Å². The lowest BCUT2D eigenvalue weighted by Crippen LogP contribution is -2.46. The van der Waals surface area contributed by atoms with Gasteiger partial charge in [0, 0.05) is 6.54 Å². The molecule has 0 fully saturated rings. The van der Waals surface area contributed by atoms with Gasteiger partial charge < -0.3 is 14.8 Å². The molecule has 0 bridgehead atoms. The molecule has 0 spiro atoms. The average molecular weight is 421 g/mol. The van der Waals surface area contributed by atoms with E-state index in [1.54, 1.807) is 39.3 Å². The minimum atomic E-state index is -3.77. The van der Waals surface area contributed by atoms with Gasteiger partial charge in [0.15, 0.2) is 11.5 Å². The number of hydrogen-bond acceptors (Lipinski definition) is 5. The minimum Gasteiger partial charge on any atom is -0.493 e. The van der Waals surface area contributed by atoms with Crippen molar-refractivity contribution in [2.24, 2.45) is 0 Å². The van der Waals surface area contributed by atoms with E-state index >= 15 is 0 Å². The Labute approximate surface area is 172 Å². The summed E-state index contributed by atoms with van der Waals surface area (Å²) in [6, 6.07) is 11.2. The van der Waals surface area contributed by atoms with Crippen molar-refractivity contribution < 1.29 is 22.7 Å². The number of benzene rings is 2. The van der Waals surface area contributed by atoms with Crippen LogP contribution in [0.3, 0.4) is 0 Å². The maximum Gasteiger partial charge on any atom is 0.241 e. The highest BCUT2D eigenvalue weighted by atomic mass is 32.2. The van der Waals surface area contributed by atoms with Crippen LogP contribution in [0.4, 0.5) is 0 Å². The van der Waals surface area contributed by atoms with Gasteiger partial charge in [0.25, 0.3) is 0 Å². The number of methoxy groups -OCH3 is 2. The summed E-state index contributed by atoms with van der Waals surface area (Å²) in [4.78, 5) is 12.6. The second-order valence-corrected chi connectivity index (χ2v) is 8.34. The molecule has 158 valence electrons. The van der Waals surface area contributed by atoms with E-state index < -0.39 is 16.1 Å². The lowest BCUT2D eigenvalue weighted by atomic mass is 10.1. The lowest BCUT2D eigenvalue weighted by molar-refractivity contribution is -0.122. The Morgan fingerprint density at radius 3 is 2.28 bits per heavy atom. The summed E-state index contributed by atoms with van der Waals surface area (Å²) in [6.07, 6.45) is 0.917. The third kappa shape index (κ3) is 6.20. The maximum atomic E-state index is 12.5. The predicted molar refractivity (Wildman–Crippen MR) is 112 cm³/mol. The fraction of sp³-hybridized carbons (Fsp3) is 0.381. The van der Waals surface area contributed by atoms with Crippen LogP contribution in [0.25, 0.3) is 0 Å². The monoisotopic (exact) mass is 420 g/mol. The van der Waals surface area contributed by atoms with Crippen LogP contribution >= 0.6 is 0 Å². The van der Waals surface area contributed by atoms with E-state index in [0.29, 0.717) is 30.9 Å². The zero-order chi connectivity index (χ0) is 21.4. The highest BCUT2D eigenvalue weighted by Crippen LogP contribution is 2.27. The summed E-state index contributed by atoms with van der Waals surface area (Å²) in [6.45, 7) is 4.01. The number of ether oxygens (including phenoxy) is 2. The predicted octanol–water partition coefficient (Wildman–Crippen LogP) is 2.43. The number of aryl methyl sites for hydroxylation is 1. The number of carbonyl (C=O) groups is 1. The molecular formula is C21H28N2O5S. The summed E-state index contributed by atoms with van der Waals surface area (Å²) >= 11 is 0. The summed E-state index contributed by atoms with van der Waals surface area (Å²) in [5.74, 6) is 0.897. The molecule has 0 aliphatic carbocycles. The smallest absolute Gasteiger partial charge is 0.241 e. The number of carbonyl (C=O) groups excluding carboxylic acids is 1. The van der Waals surface area contributed by atoms with E-state index in [4.69, 9.17) is 9.47 Å². The highest BCUT2D eigenvalue weighted by Gasteiger charge is 2.24. The topological polar surface area (TPSA) is 93.7 Å². The van der Waals surface area contributed by atoms with Gasteiger partial charge in [-0.05, 0) is 49.6 Å². The second kappa shape index (κ2) is 10.3. The zero-order valence-electron chi connectivity index (χ0n) is 17.2. The van der Waals surface area contributed by atoms with Gasteiger partial charge in [-0.25, -0.2) is 8.42 Å². The molecule has 0 aromatic heterocycles. The van der Waals surface area contributed by atoms with Gasteiger partial charge in [0.1, 0.15) is 6.04 Å². The van der Waals surface area contributed by atoms with Crippen LogP contribution in [-0.2, 0) is 21.2 Å². The Morgan fingerprint density at radius 1 is 1.03 bits per heavy atom. The van der Waals surface area contributed by atoms with E-state index in [0.717, 1.165) is 11.1 Å². The van der Waals surface area contributed by atoms with E-state index in [1.807, 2.05) is 19.1 Å². The van der Waals surface area contributed by atoms with Crippen LogP contribution in [0.15, 0.2) is 47.4 Å². The third-order valence-corrected chi connectivity index (χ3v) is 6.00. The first-order valence-electron chi connectivity index (χ1n) is 9.38. The molecule has 29 heavy (non-hydrogen) atoms. The maximum absolute atomic E-state index is 12.5. The second-order valence-electron chi connectivity index (χ2n) is 6.63. The quantitative estimate of drug-likeness (QED) is 0.616. The molecule has 0 radical (unpaired) electrons. The van der Waals surface area contributed by atoms with Crippen molar-refractivity contribution in [2.45, 2.75) is 37.6 Å². The van der Waals surface area contributed by atoms with Gasteiger partial charge in [0.05, 0.1) is 19.1 Å². The summed E-state index contributed by atoms with van der Waals surface area (Å²) in [5.41, 5.74) is 1.93. The first kappa shape index (κ1) is 22.7. The van der Waals surface area contributed by atoms with Crippen molar-refractivity contribution in [1.29, 1.82) is 0 Å². The number of amides is 1. The molecule has 0 heterocycles. The van der Waals surface area contributed by atoms with E-state index in [1.165, 1.54) is 12.1 Å². The first-order chi connectivity index (χ1) is 13.8. The molecule has 8 heteroatoms. The van der Waals surface area contributed by atoms with E-state index in [9.17, 15) is 13.2 Å². The molecular weight excluding hydrogens is 392 g/mol. The Morgan fingerprint density at radius 2 is 1.69 bits per heavy atom. The van der Waals surface area contributed by atoms with Gasteiger partial charge in [-0.2, -0.15) is 4.72 Å². The number of nitrogens with one attached hydrogen (secondary N) is 2. The third-order valence-electron chi connectivity index (χ3n) is 4.51. The summed E-state index contributed by atoms with van der Waals surface area (Å²) in [7, 11) is -0.634. The molecule has 1 unspecified atom stereocenters. The molecule has 0 saturated carbocycles. The fourth-order valence-electron chi connectivity index (χ4n) is 2.78. The SMILES string of the molecule is CCC(NS(=O)(=O)c1ccc(C)cc1)C(=O)NCCc1ccc(OC)c(OC)c1. The molecule has 2 aromatic rings. The Bertz CT molecular complexity index is 927. The standard InChI is InChI=1S/C21H28N2O5S/c1-5-18(23-29(25,26)17-9-6-15(2)7-10-17)21(24)22-13-12-16-8-11-19(27-3)20(14-16)28-4/h6-11,14,18,23H,5,12-13H2,1-4H3,(H,22,24). The van der Waals surface area contributed by atoms with Gasteiger partial charge in [-0.3, -0.25) is 4.79 Å². The summed E-state index contributed by atoms with van der Waals surface area (Å²) in [5, 5.41) is 2.79. The van der Waals surface area contributed by atoms with Crippen LogP contribution in [-0.4, -0.2) is 41.1 Å². The van der Waals surface area contributed by atoms with Crippen LogP contribution in [0.1, 0.15) is 24.5 Å². The van der Waals surface area contributed by atoms with Gasteiger partial charge in [0.2, 0.25) is 15.9 Å². The number of hydrogen-bond donors (Lipinski definition) is 2. The highest BCUT2D eigenvalue weighted by molar-refractivity contribution is 7.89. The number of sulfonamides is 1. The van der Waals surface area contributed by atoms with Crippen molar-refractivity contribution in [3.8, 4) is 11.5 Å². The molecule has 1 amide bonds. The van der Waals surface area contributed by atoms with Crippen molar-refractivity contribution in [3.63, 3.8) is 0 Å². The molecule has 0 aliphatic heterocycles. The first-order valence-corrected chi connectivity index (χ1v) is 10.9. The molecule has 1 atom stereocenters.